The van der Waals surface area contributed by atoms with Gasteiger partial charge in [0.25, 0.3) is 0 Å². The Morgan fingerprint density at radius 3 is 2.61 bits per heavy atom. The minimum Gasteiger partial charge on any atom is -0.288 e. The zero-order chi connectivity index (χ0) is 16.6. The van der Waals surface area contributed by atoms with E-state index >= 15 is 0 Å². The molecular formula is C16H9Cl2N3OS. The van der Waals surface area contributed by atoms with E-state index in [4.69, 9.17) is 23.2 Å². The maximum absolute atomic E-state index is 13.0. The molecule has 0 aliphatic rings. The first kappa shape index (κ1) is 15.9. The van der Waals surface area contributed by atoms with Gasteiger partial charge in [-0.05, 0) is 30.5 Å². The van der Waals surface area contributed by atoms with Gasteiger partial charge in [-0.3, -0.25) is 9.20 Å². The summed E-state index contributed by atoms with van der Waals surface area (Å²) in [6.45, 7) is 0. The lowest BCUT2D eigenvalue weighted by Gasteiger charge is -2.12. The average Bonchev–Trinajstić information content (AvgIpc) is 3.04. The Morgan fingerprint density at radius 1 is 1.30 bits per heavy atom. The Bertz CT molecular complexity index is 958. The van der Waals surface area contributed by atoms with E-state index in [1.54, 1.807) is 47.3 Å². The molecule has 3 aromatic rings. The third-order valence-corrected chi connectivity index (χ3v) is 4.83. The summed E-state index contributed by atoms with van der Waals surface area (Å²) in [7, 11) is 0. The normalized spacial score (nSPS) is 10.7. The Morgan fingerprint density at radius 2 is 2.00 bits per heavy atom. The van der Waals surface area contributed by atoms with Crippen molar-refractivity contribution >= 4 is 46.4 Å². The second-order valence-electron chi connectivity index (χ2n) is 4.64. The van der Waals surface area contributed by atoms with Gasteiger partial charge in [0.2, 0.25) is 0 Å². The van der Waals surface area contributed by atoms with Gasteiger partial charge >= 0.3 is 0 Å². The van der Waals surface area contributed by atoms with E-state index in [0.29, 0.717) is 26.7 Å². The number of thioether (sulfide) groups is 1. The number of ketones is 1. The molecule has 0 fully saturated rings. The summed E-state index contributed by atoms with van der Waals surface area (Å²) in [6.07, 6.45) is 4.97. The number of nitriles is 1. The van der Waals surface area contributed by atoms with Crippen LogP contribution in [0.4, 0.5) is 0 Å². The van der Waals surface area contributed by atoms with Crippen LogP contribution in [0.3, 0.4) is 0 Å². The van der Waals surface area contributed by atoms with Crippen LogP contribution in [0.2, 0.25) is 10.2 Å². The molecule has 0 spiro atoms. The standard InChI is InChI=1S/C16H9Cl2N3OS/c1-23-14-11(8-19)15(18)21-7-6-20-16(21)12(14)13(22)9-2-4-10(17)5-3-9/h2-7H,1H3. The molecule has 1 aromatic carbocycles. The summed E-state index contributed by atoms with van der Waals surface area (Å²) in [5.74, 6) is -0.226. The van der Waals surface area contributed by atoms with E-state index in [0.717, 1.165) is 0 Å². The lowest BCUT2D eigenvalue weighted by atomic mass is 10.0. The van der Waals surface area contributed by atoms with Crippen molar-refractivity contribution in [3.63, 3.8) is 0 Å². The van der Waals surface area contributed by atoms with E-state index in [-0.39, 0.29) is 16.5 Å². The van der Waals surface area contributed by atoms with Crippen LogP contribution in [0, 0.1) is 11.3 Å². The van der Waals surface area contributed by atoms with Gasteiger partial charge in [-0.25, -0.2) is 4.98 Å². The number of benzene rings is 1. The van der Waals surface area contributed by atoms with Crippen molar-refractivity contribution in [1.82, 2.24) is 9.38 Å². The molecule has 2 heterocycles. The van der Waals surface area contributed by atoms with Crippen LogP contribution in [0.15, 0.2) is 41.6 Å². The van der Waals surface area contributed by atoms with Crippen LogP contribution >= 0.6 is 35.0 Å². The lowest BCUT2D eigenvalue weighted by Crippen LogP contribution is -2.09. The number of imidazole rings is 1. The minimum atomic E-state index is -0.226. The third-order valence-electron chi connectivity index (χ3n) is 3.39. The maximum Gasteiger partial charge on any atom is 0.197 e. The van der Waals surface area contributed by atoms with Gasteiger partial charge in [0, 0.05) is 27.9 Å². The summed E-state index contributed by atoms with van der Waals surface area (Å²) in [6, 6.07) is 8.67. The summed E-state index contributed by atoms with van der Waals surface area (Å²) in [5.41, 5.74) is 1.53. The number of carbonyl (C=O) groups is 1. The Hall–Kier alpha value is -2.00. The first-order chi connectivity index (χ1) is 11.1. The molecule has 0 aliphatic carbocycles. The third kappa shape index (κ3) is 2.59. The van der Waals surface area contributed by atoms with E-state index < -0.39 is 0 Å². The number of fused-ring (bicyclic) bond motifs is 1. The first-order valence-electron chi connectivity index (χ1n) is 6.51. The number of nitrogens with zero attached hydrogens (tertiary/aromatic N) is 3. The monoisotopic (exact) mass is 361 g/mol. The molecule has 2 aromatic heterocycles. The number of pyridine rings is 1. The maximum atomic E-state index is 13.0. The number of hydrogen-bond acceptors (Lipinski definition) is 4. The average molecular weight is 362 g/mol. The van der Waals surface area contributed by atoms with Crippen LogP contribution < -0.4 is 0 Å². The number of rotatable bonds is 3. The number of carbonyl (C=O) groups excluding carboxylic acids is 1. The Balaban J connectivity index is 2.34. The topological polar surface area (TPSA) is 58.2 Å². The van der Waals surface area contributed by atoms with Gasteiger partial charge in [0.05, 0.1) is 5.56 Å². The van der Waals surface area contributed by atoms with Crippen molar-refractivity contribution in [3.8, 4) is 6.07 Å². The molecule has 3 rings (SSSR count). The summed E-state index contributed by atoms with van der Waals surface area (Å²) in [5, 5.41) is 10.2. The molecular weight excluding hydrogens is 353 g/mol. The molecule has 0 atom stereocenters. The van der Waals surface area contributed by atoms with E-state index in [1.165, 1.54) is 11.8 Å². The van der Waals surface area contributed by atoms with Crippen LogP contribution in [0.1, 0.15) is 21.5 Å². The molecule has 4 nitrogen and oxygen atoms in total. The molecule has 23 heavy (non-hydrogen) atoms. The van der Waals surface area contributed by atoms with Crippen molar-refractivity contribution in [1.29, 1.82) is 5.26 Å². The van der Waals surface area contributed by atoms with Crippen molar-refractivity contribution in [2.75, 3.05) is 6.26 Å². The molecule has 0 saturated carbocycles. The molecule has 0 bridgehead atoms. The number of hydrogen-bond donors (Lipinski definition) is 0. The second-order valence-corrected chi connectivity index (χ2v) is 6.25. The lowest BCUT2D eigenvalue weighted by molar-refractivity contribution is 0.103. The first-order valence-corrected chi connectivity index (χ1v) is 8.49. The molecule has 0 saturated heterocycles. The predicted molar refractivity (Wildman–Crippen MR) is 91.6 cm³/mol. The molecule has 0 radical (unpaired) electrons. The molecule has 0 aliphatic heterocycles. The van der Waals surface area contributed by atoms with Crippen LogP contribution in [-0.4, -0.2) is 21.4 Å². The highest BCUT2D eigenvalue weighted by Gasteiger charge is 2.24. The van der Waals surface area contributed by atoms with Crippen molar-refractivity contribution in [2.24, 2.45) is 0 Å². The van der Waals surface area contributed by atoms with Gasteiger partial charge in [0.1, 0.15) is 22.4 Å². The molecule has 0 N–H and O–H groups in total. The molecule has 0 unspecified atom stereocenters. The highest BCUT2D eigenvalue weighted by atomic mass is 35.5. The largest absolute Gasteiger partial charge is 0.288 e. The SMILES string of the molecule is CSc1c(C#N)c(Cl)n2ccnc2c1C(=O)c1ccc(Cl)cc1. The van der Waals surface area contributed by atoms with Crippen molar-refractivity contribution in [3.05, 3.63) is 63.5 Å². The highest BCUT2D eigenvalue weighted by molar-refractivity contribution is 7.98. The Kier molecular flexibility index (Phi) is 4.31. The fraction of sp³-hybridized carbons (Fsp3) is 0.0625. The van der Waals surface area contributed by atoms with Gasteiger partial charge in [0.15, 0.2) is 5.78 Å². The van der Waals surface area contributed by atoms with Crippen LogP contribution in [-0.2, 0) is 0 Å². The van der Waals surface area contributed by atoms with E-state index in [1.807, 2.05) is 0 Å². The zero-order valence-electron chi connectivity index (χ0n) is 11.9. The van der Waals surface area contributed by atoms with Crippen molar-refractivity contribution in [2.45, 2.75) is 4.90 Å². The fourth-order valence-electron chi connectivity index (χ4n) is 2.34. The second kappa shape index (κ2) is 6.25. The van der Waals surface area contributed by atoms with Crippen LogP contribution in [0.5, 0.6) is 0 Å². The van der Waals surface area contributed by atoms with Gasteiger partial charge < -0.3 is 0 Å². The number of halogens is 2. The summed E-state index contributed by atoms with van der Waals surface area (Å²) in [4.78, 5) is 17.7. The fourth-order valence-corrected chi connectivity index (χ4v) is 3.53. The van der Waals surface area contributed by atoms with E-state index in [9.17, 15) is 10.1 Å². The smallest absolute Gasteiger partial charge is 0.197 e. The van der Waals surface area contributed by atoms with Gasteiger partial charge in [-0.2, -0.15) is 5.26 Å². The number of aromatic nitrogens is 2. The summed E-state index contributed by atoms with van der Waals surface area (Å²) < 4.78 is 1.54. The minimum absolute atomic E-state index is 0.226. The quantitative estimate of drug-likeness (QED) is 0.392. The summed E-state index contributed by atoms with van der Waals surface area (Å²) >= 11 is 13.4. The predicted octanol–water partition coefficient (Wildman–Crippen LogP) is 4.47. The van der Waals surface area contributed by atoms with Crippen molar-refractivity contribution < 1.29 is 4.79 Å². The Labute approximate surface area is 146 Å². The molecule has 114 valence electrons. The van der Waals surface area contributed by atoms with Gasteiger partial charge in [-0.15, -0.1) is 11.8 Å². The zero-order valence-corrected chi connectivity index (χ0v) is 14.2. The molecule has 0 amide bonds. The molecule has 7 heteroatoms. The van der Waals surface area contributed by atoms with Gasteiger partial charge in [-0.1, -0.05) is 23.2 Å². The highest BCUT2D eigenvalue weighted by Crippen LogP contribution is 2.34. The van der Waals surface area contributed by atoms with Crippen LogP contribution in [0.25, 0.3) is 5.65 Å². The van der Waals surface area contributed by atoms with E-state index in [2.05, 4.69) is 11.1 Å².